The minimum absolute atomic E-state index is 0.0771. The molecule has 0 aliphatic heterocycles. The Bertz CT molecular complexity index is 783. The summed E-state index contributed by atoms with van der Waals surface area (Å²) in [6.07, 6.45) is 3.49. The van der Waals surface area contributed by atoms with Crippen molar-refractivity contribution in [3.05, 3.63) is 57.8 Å². The van der Waals surface area contributed by atoms with Crippen LogP contribution in [0.25, 0.3) is 0 Å². The predicted molar refractivity (Wildman–Crippen MR) is 130 cm³/mol. The van der Waals surface area contributed by atoms with Crippen LogP contribution >= 0.6 is 0 Å². The molecular formula is C26H43FO2Si. The molecule has 0 saturated carbocycles. The molecule has 2 nitrogen and oxygen atoms in total. The van der Waals surface area contributed by atoms with Crippen molar-refractivity contribution in [1.29, 1.82) is 0 Å². The third kappa shape index (κ3) is 6.73. The predicted octanol–water partition coefficient (Wildman–Crippen LogP) is 8.93. The van der Waals surface area contributed by atoms with Crippen LogP contribution < -0.4 is 0 Å². The fraction of sp³-hybridized carbons (Fsp3) is 0.615. The van der Waals surface area contributed by atoms with E-state index < -0.39 is 8.32 Å². The molecule has 0 aliphatic carbocycles. The summed E-state index contributed by atoms with van der Waals surface area (Å²) in [4.78, 5) is 0. The zero-order valence-corrected chi connectivity index (χ0v) is 22.2. The van der Waals surface area contributed by atoms with E-state index >= 15 is 4.39 Å². The van der Waals surface area contributed by atoms with Crippen molar-refractivity contribution in [2.75, 3.05) is 0 Å². The number of hydrogen-bond acceptors (Lipinski definition) is 2. The van der Waals surface area contributed by atoms with Gasteiger partial charge in [-0.1, -0.05) is 47.6 Å². The highest BCUT2D eigenvalue weighted by Crippen LogP contribution is 2.39. The quantitative estimate of drug-likeness (QED) is 0.219. The molecule has 0 saturated heterocycles. The van der Waals surface area contributed by atoms with Crippen LogP contribution in [0.5, 0.6) is 0 Å². The summed E-state index contributed by atoms with van der Waals surface area (Å²) in [5.74, 6) is 1.28. The van der Waals surface area contributed by atoms with Crippen molar-refractivity contribution in [3.8, 4) is 0 Å². The van der Waals surface area contributed by atoms with E-state index in [0.717, 1.165) is 28.0 Å². The van der Waals surface area contributed by atoms with Crippen molar-refractivity contribution in [2.45, 2.75) is 106 Å². The van der Waals surface area contributed by atoms with Gasteiger partial charge in [0.25, 0.3) is 0 Å². The SMILES string of the molecule is C/C=C(O[Si](C)(C)C)/C(C)=C/OC(C)c1c(C(C)C)cc(C(C)C)c(F)c1C(C)C. The molecule has 0 radical (unpaired) electrons. The lowest BCUT2D eigenvalue weighted by atomic mass is 9.82. The molecule has 1 atom stereocenters. The Morgan fingerprint density at radius 1 is 0.900 bits per heavy atom. The Labute approximate surface area is 185 Å². The van der Waals surface area contributed by atoms with Crippen LogP contribution in [-0.2, 0) is 9.16 Å². The van der Waals surface area contributed by atoms with Crippen molar-refractivity contribution >= 4 is 8.32 Å². The van der Waals surface area contributed by atoms with Gasteiger partial charge in [-0.2, -0.15) is 0 Å². The van der Waals surface area contributed by atoms with E-state index in [1.165, 1.54) is 5.56 Å². The first-order valence-corrected chi connectivity index (χ1v) is 14.7. The van der Waals surface area contributed by atoms with E-state index in [9.17, 15) is 0 Å². The summed E-state index contributed by atoms with van der Waals surface area (Å²) in [5.41, 5.74) is 4.69. The molecule has 1 aromatic rings. The van der Waals surface area contributed by atoms with E-state index in [2.05, 4.69) is 61.2 Å². The fourth-order valence-corrected chi connectivity index (χ4v) is 4.62. The molecule has 4 heteroatoms. The summed E-state index contributed by atoms with van der Waals surface area (Å²) in [5, 5.41) is 0. The molecule has 1 unspecified atom stereocenters. The lowest BCUT2D eigenvalue weighted by Crippen LogP contribution is -2.25. The van der Waals surface area contributed by atoms with Gasteiger partial charge in [-0.05, 0) is 80.9 Å². The Morgan fingerprint density at radius 3 is 1.83 bits per heavy atom. The monoisotopic (exact) mass is 434 g/mol. The van der Waals surface area contributed by atoms with Crippen molar-refractivity contribution < 1.29 is 13.6 Å². The molecule has 0 amide bonds. The summed E-state index contributed by atoms with van der Waals surface area (Å²) in [6.45, 7) is 25.0. The minimum Gasteiger partial charge on any atom is -0.544 e. The number of benzene rings is 1. The van der Waals surface area contributed by atoms with E-state index in [4.69, 9.17) is 9.16 Å². The molecule has 0 aliphatic rings. The first kappa shape index (κ1) is 26.5. The average molecular weight is 435 g/mol. The van der Waals surface area contributed by atoms with Crippen LogP contribution in [0, 0.1) is 5.82 Å². The van der Waals surface area contributed by atoms with Crippen LogP contribution in [0.2, 0.25) is 19.6 Å². The fourth-order valence-electron chi connectivity index (χ4n) is 3.68. The maximum Gasteiger partial charge on any atom is 0.242 e. The zero-order chi connectivity index (χ0) is 23.4. The Hall–Kier alpha value is -1.55. The molecule has 30 heavy (non-hydrogen) atoms. The molecule has 0 heterocycles. The molecule has 0 spiro atoms. The normalized spacial score (nSPS) is 14.7. The molecule has 1 rings (SSSR count). The van der Waals surface area contributed by atoms with Gasteiger partial charge in [-0.15, -0.1) is 0 Å². The molecule has 0 fully saturated rings. The lowest BCUT2D eigenvalue weighted by molar-refractivity contribution is 0.158. The number of halogens is 1. The van der Waals surface area contributed by atoms with Crippen LogP contribution in [-0.4, -0.2) is 8.32 Å². The van der Waals surface area contributed by atoms with Crippen LogP contribution in [0.15, 0.2) is 29.7 Å². The van der Waals surface area contributed by atoms with Crippen LogP contribution in [0.3, 0.4) is 0 Å². The van der Waals surface area contributed by atoms with Crippen LogP contribution in [0.4, 0.5) is 4.39 Å². The maximum atomic E-state index is 15.5. The minimum atomic E-state index is -1.71. The highest BCUT2D eigenvalue weighted by molar-refractivity contribution is 6.70. The van der Waals surface area contributed by atoms with Crippen LogP contribution in [0.1, 0.15) is 108 Å². The van der Waals surface area contributed by atoms with Gasteiger partial charge >= 0.3 is 0 Å². The summed E-state index contributed by atoms with van der Waals surface area (Å²) in [6, 6.07) is 2.05. The Morgan fingerprint density at radius 2 is 1.43 bits per heavy atom. The third-order valence-electron chi connectivity index (χ3n) is 5.15. The van der Waals surface area contributed by atoms with Gasteiger partial charge in [0.2, 0.25) is 8.32 Å². The number of allylic oxidation sites excluding steroid dienone is 2. The first-order chi connectivity index (χ1) is 13.7. The molecule has 1 aromatic carbocycles. The van der Waals surface area contributed by atoms with Gasteiger partial charge in [0.15, 0.2) is 0 Å². The van der Waals surface area contributed by atoms with Gasteiger partial charge < -0.3 is 9.16 Å². The van der Waals surface area contributed by atoms with Gasteiger partial charge in [0.05, 0.1) is 6.26 Å². The van der Waals surface area contributed by atoms with Gasteiger partial charge in [0, 0.05) is 11.1 Å². The maximum absolute atomic E-state index is 15.5. The summed E-state index contributed by atoms with van der Waals surface area (Å²) < 4.78 is 27.9. The van der Waals surface area contributed by atoms with E-state index in [1.807, 2.05) is 32.9 Å². The molecule has 0 N–H and O–H groups in total. The Balaban J connectivity index is 3.44. The topological polar surface area (TPSA) is 18.5 Å². The van der Waals surface area contributed by atoms with E-state index in [0.29, 0.717) is 0 Å². The smallest absolute Gasteiger partial charge is 0.242 e. The van der Waals surface area contributed by atoms with Gasteiger partial charge in [-0.25, -0.2) is 4.39 Å². The highest BCUT2D eigenvalue weighted by atomic mass is 28.4. The standard InChI is InChI=1S/C26H43FO2Si/c1-13-23(29-30(10,11)12)19(8)15-28-20(9)25-21(16(2)3)14-22(17(4)5)26(27)24(25)18(6)7/h13-18,20H,1-12H3/b19-15+,23-13-. The van der Waals surface area contributed by atoms with Gasteiger partial charge in [-0.3, -0.25) is 0 Å². The second-order valence-electron chi connectivity index (χ2n) is 10.1. The number of hydrogen-bond donors (Lipinski definition) is 0. The second-order valence-corrected chi connectivity index (χ2v) is 14.5. The van der Waals surface area contributed by atoms with E-state index in [-0.39, 0.29) is 29.7 Å². The summed E-state index contributed by atoms with van der Waals surface area (Å²) in [7, 11) is -1.71. The molecule has 0 aromatic heterocycles. The molecular weight excluding hydrogens is 391 g/mol. The Kier molecular flexibility index (Phi) is 9.41. The third-order valence-corrected chi connectivity index (χ3v) is 5.98. The summed E-state index contributed by atoms with van der Waals surface area (Å²) >= 11 is 0. The van der Waals surface area contributed by atoms with Gasteiger partial charge in [0.1, 0.15) is 17.7 Å². The molecule has 0 bridgehead atoms. The van der Waals surface area contributed by atoms with Crippen molar-refractivity contribution in [3.63, 3.8) is 0 Å². The molecule has 170 valence electrons. The van der Waals surface area contributed by atoms with Crippen molar-refractivity contribution in [2.24, 2.45) is 0 Å². The highest BCUT2D eigenvalue weighted by Gasteiger charge is 2.26. The van der Waals surface area contributed by atoms with Crippen molar-refractivity contribution in [1.82, 2.24) is 0 Å². The number of rotatable bonds is 9. The second kappa shape index (κ2) is 10.7. The first-order valence-electron chi connectivity index (χ1n) is 11.2. The largest absolute Gasteiger partial charge is 0.544 e. The number of ether oxygens (including phenoxy) is 1. The zero-order valence-electron chi connectivity index (χ0n) is 21.2. The van der Waals surface area contributed by atoms with E-state index in [1.54, 1.807) is 6.26 Å². The average Bonchev–Trinajstić information content (AvgIpc) is 2.61. The lowest BCUT2D eigenvalue weighted by Gasteiger charge is -2.27.